The van der Waals surface area contributed by atoms with Crippen LogP contribution in [-0.4, -0.2) is 70.7 Å². The summed E-state index contributed by atoms with van der Waals surface area (Å²) < 4.78 is 0. The van der Waals surface area contributed by atoms with Crippen LogP contribution < -0.4 is 10.6 Å². The first-order valence-electron chi connectivity index (χ1n) is 11.4. The summed E-state index contributed by atoms with van der Waals surface area (Å²) in [5.41, 5.74) is 2.41. The lowest BCUT2D eigenvalue weighted by Gasteiger charge is -2.33. The summed E-state index contributed by atoms with van der Waals surface area (Å²) >= 11 is 0. The average Bonchev–Trinajstić information content (AvgIpc) is 2.87. The molecule has 0 aliphatic carbocycles. The number of rotatable bonds is 6. The molecule has 35 heavy (non-hydrogen) atoms. The van der Waals surface area contributed by atoms with Crippen molar-refractivity contribution in [2.75, 3.05) is 37.8 Å². The normalized spacial score (nSPS) is 15.4. The highest BCUT2D eigenvalue weighted by Crippen LogP contribution is 2.20. The van der Waals surface area contributed by atoms with Crippen molar-refractivity contribution >= 4 is 40.3 Å². The van der Waals surface area contributed by atoms with Gasteiger partial charge >= 0.3 is 0 Å². The van der Waals surface area contributed by atoms with Crippen LogP contribution in [0.2, 0.25) is 0 Å². The topological polar surface area (TPSA) is 108 Å². The maximum atomic E-state index is 13.0. The summed E-state index contributed by atoms with van der Waals surface area (Å²) in [5, 5.41) is 6.87. The third-order valence-corrected chi connectivity index (χ3v) is 5.86. The molecule has 3 aromatic rings. The zero-order chi connectivity index (χ0) is 24.9. The van der Waals surface area contributed by atoms with Gasteiger partial charge in [-0.05, 0) is 55.3 Å². The molecule has 9 nitrogen and oxygen atoms in total. The number of carbonyl (C=O) groups is 3. The van der Waals surface area contributed by atoms with Gasteiger partial charge in [0.2, 0.25) is 11.9 Å². The second kappa shape index (κ2) is 10.3. The van der Waals surface area contributed by atoms with Gasteiger partial charge < -0.3 is 20.4 Å². The van der Waals surface area contributed by atoms with Crippen molar-refractivity contribution in [1.29, 1.82) is 0 Å². The number of hydrogen-bond donors (Lipinski definition) is 2. The number of nitrogens with zero attached hydrogens (tertiary/aromatic N) is 4. The lowest BCUT2D eigenvalue weighted by atomic mass is 10.0. The highest BCUT2D eigenvalue weighted by molar-refractivity contribution is 6.00. The first-order chi connectivity index (χ1) is 16.8. The molecule has 2 aromatic carbocycles. The Kier molecular flexibility index (Phi) is 7.05. The Labute approximate surface area is 203 Å². The number of benzene rings is 2. The zero-order valence-electron chi connectivity index (χ0n) is 19.8. The fraction of sp³-hybridized carbons (Fsp3) is 0.269. The SMILES string of the molecule is C=CC(=O)Nc1ccc(C(=O)N2CCC[C@@H](Nc3ncc4ccc(C(=O)N(C)C)cc4n3)C2)cc1. The predicted octanol–water partition coefficient (Wildman–Crippen LogP) is 3.17. The van der Waals surface area contributed by atoms with Crippen molar-refractivity contribution in [2.45, 2.75) is 18.9 Å². The van der Waals surface area contributed by atoms with Gasteiger partial charge in [0.25, 0.3) is 11.8 Å². The molecule has 0 bridgehead atoms. The Morgan fingerprint density at radius 1 is 1.11 bits per heavy atom. The van der Waals surface area contributed by atoms with Crippen LogP contribution in [0.25, 0.3) is 10.9 Å². The second-order valence-corrected chi connectivity index (χ2v) is 8.67. The molecule has 1 aromatic heterocycles. The predicted molar refractivity (Wildman–Crippen MR) is 135 cm³/mol. The maximum Gasteiger partial charge on any atom is 0.253 e. The van der Waals surface area contributed by atoms with Gasteiger partial charge in [0, 0.05) is 61.6 Å². The van der Waals surface area contributed by atoms with E-state index in [9.17, 15) is 14.4 Å². The molecule has 0 saturated carbocycles. The number of hydrogen-bond acceptors (Lipinski definition) is 6. The Hall–Kier alpha value is -4.27. The zero-order valence-corrected chi connectivity index (χ0v) is 19.8. The van der Waals surface area contributed by atoms with E-state index in [2.05, 4.69) is 27.2 Å². The number of likely N-dealkylation sites (tertiary alicyclic amines) is 1. The van der Waals surface area contributed by atoms with Gasteiger partial charge in [0.1, 0.15) is 0 Å². The van der Waals surface area contributed by atoms with Crippen LogP contribution in [-0.2, 0) is 4.79 Å². The van der Waals surface area contributed by atoms with Crippen molar-refractivity contribution in [2.24, 2.45) is 0 Å². The van der Waals surface area contributed by atoms with Crippen molar-refractivity contribution < 1.29 is 14.4 Å². The van der Waals surface area contributed by atoms with Crippen LogP contribution in [0.3, 0.4) is 0 Å². The van der Waals surface area contributed by atoms with Crippen LogP contribution in [0.5, 0.6) is 0 Å². The van der Waals surface area contributed by atoms with E-state index in [1.807, 2.05) is 11.0 Å². The summed E-state index contributed by atoms with van der Waals surface area (Å²) in [5.74, 6) is 0.0148. The first kappa shape index (κ1) is 23.9. The standard InChI is InChI=1S/C26H28N6O3/c1-4-23(33)28-20-11-9-17(10-12-20)25(35)32-13-5-6-21(16-32)29-26-27-15-19-8-7-18(14-22(19)30-26)24(34)31(2)3/h4,7-12,14-15,21H,1,5-6,13,16H2,2-3H3,(H,28,33)(H,27,29,30)/t21-/m1/s1. The van der Waals surface area contributed by atoms with E-state index in [-0.39, 0.29) is 23.8 Å². The lowest BCUT2D eigenvalue weighted by molar-refractivity contribution is -0.111. The van der Waals surface area contributed by atoms with E-state index < -0.39 is 0 Å². The lowest BCUT2D eigenvalue weighted by Crippen LogP contribution is -2.45. The minimum Gasteiger partial charge on any atom is -0.350 e. The Balaban J connectivity index is 1.43. The summed E-state index contributed by atoms with van der Waals surface area (Å²) in [6.45, 7) is 4.62. The van der Waals surface area contributed by atoms with Crippen molar-refractivity contribution in [1.82, 2.24) is 19.8 Å². The summed E-state index contributed by atoms with van der Waals surface area (Å²) in [6.07, 6.45) is 4.66. The number of fused-ring (bicyclic) bond motifs is 1. The Morgan fingerprint density at radius 2 is 1.86 bits per heavy atom. The number of aromatic nitrogens is 2. The molecular weight excluding hydrogens is 444 g/mol. The van der Waals surface area contributed by atoms with E-state index >= 15 is 0 Å². The Bertz CT molecular complexity index is 1270. The van der Waals surface area contributed by atoms with E-state index in [0.29, 0.717) is 41.4 Å². The molecule has 1 fully saturated rings. The average molecular weight is 473 g/mol. The molecule has 3 amide bonds. The fourth-order valence-electron chi connectivity index (χ4n) is 4.02. The van der Waals surface area contributed by atoms with Gasteiger partial charge in [0.15, 0.2) is 0 Å². The summed E-state index contributed by atoms with van der Waals surface area (Å²) in [7, 11) is 3.43. The van der Waals surface area contributed by atoms with Gasteiger partial charge in [-0.2, -0.15) is 0 Å². The molecule has 0 radical (unpaired) electrons. The maximum absolute atomic E-state index is 13.0. The van der Waals surface area contributed by atoms with Gasteiger partial charge in [0.05, 0.1) is 5.52 Å². The number of anilines is 2. The number of piperidine rings is 1. The minimum absolute atomic E-state index is 0.00268. The largest absolute Gasteiger partial charge is 0.350 e. The van der Waals surface area contributed by atoms with Crippen molar-refractivity contribution in [3.05, 3.63) is 72.4 Å². The third-order valence-electron chi connectivity index (χ3n) is 5.86. The summed E-state index contributed by atoms with van der Waals surface area (Å²) in [4.78, 5) is 49.1. The fourth-order valence-corrected chi connectivity index (χ4v) is 4.02. The quantitative estimate of drug-likeness (QED) is 0.534. The van der Waals surface area contributed by atoms with Gasteiger partial charge in [-0.1, -0.05) is 12.6 Å². The van der Waals surface area contributed by atoms with Gasteiger partial charge in [-0.25, -0.2) is 9.97 Å². The van der Waals surface area contributed by atoms with E-state index in [1.54, 1.807) is 56.7 Å². The molecule has 0 unspecified atom stereocenters. The monoisotopic (exact) mass is 472 g/mol. The van der Waals surface area contributed by atoms with Crippen LogP contribution in [0.4, 0.5) is 11.6 Å². The molecule has 1 aliphatic rings. The molecular formula is C26H28N6O3. The molecule has 0 spiro atoms. The second-order valence-electron chi connectivity index (χ2n) is 8.67. The van der Waals surface area contributed by atoms with E-state index in [1.165, 1.54) is 11.0 Å². The van der Waals surface area contributed by atoms with Crippen molar-refractivity contribution in [3.8, 4) is 0 Å². The van der Waals surface area contributed by atoms with E-state index in [0.717, 1.165) is 18.2 Å². The van der Waals surface area contributed by atoms with Gasteiger partial charge in [-0.3, -0.25) is 14.4 Å². The minimum atomic E-state index is -0.301. The molecule has 1 saturated heterocycles. The molecule has 2 N–H and O–H groups in total. The van der Waals surface area contributed by atoms with Crippen LogP contribution in [0, 0.1) is 0 Å². The smallest absolute Gasteiger partial charge is 0.253 e. The number of amides is 3. The van der Waals surface area contributed by atoms with Crippen LogP contribution in [0.1, 0.15) is 33.6 Å². The Morgan fingerprint density at radius 3 is 2.57 bits per heavy atom. The number of nitrogens with one attached hydrogen (secondary N) is 2. The molecule has 9 heteroatoms. The highest BCUT2D eigenvalue weighted by atomic mass is 16.2. The van der Waals surface area contributed by atoms with Crippen LogP contribution in [0.15, 0.2) is 61.3 Å². The van der Waals surface area contributed by atoms with Crippen molar-refractivity contribution in [3.63, 3.8) is 0 Å². The molecule has 4 rings (SSSR count). The van der Waals surface area contributed by atoms with Crippen LogP contribution >= 0.6 is 0 Å². The number of carbonyl (C=O) groups excluding carboxylic acids is 3. The molecule has 1 aliphatic heterocycles. The first-order valence-corrected chi connectivity index (χ1v) is 11.4. The van der Waals surface area contributed by atoms with Gasteiger partial charge in [-0.15, -0.1) is 0 Å². The molecule has 2 heterocycles. The molecule has 1 atom stereocenters. The van der Waals surface area contributed by atoms with E-state index in [4.69, 9.17) is 0 Å². The summed E-state index contributed by atoms with van der Waals surface area (Å²) in [6, 6.07) is 12.2. The molecule has 180 valence electrons. The third kappa shape index (κ3) is 5.63. The highest BCUT2D eigenvalue weighted by Gasteiger charge is 2.25.